The van der Waals surface area contributed by atoms with Gasteiger partial charge in [0.2, 0.25) is 0 Å². The lowest BCUT2D eigenvalue weighted by atomic mass is 10.3. The monoisotopic (exact) mass is 323 g/mol. The average molecular weight is 323 g/mol. The van der Waals surface area contributed by atoms with Crippen molar-refractivity contribution in [3.63, 3.8) is 0 Å². The summed E-state index contributed by atoms with van der Waals surface area (Å²) >= 11 is 0. The van der Waals surface area contributed by atoms with Gasteiger partial charge in [-0.25, -0.2) is 0 Å². The van der Waals surface area contributed by atoms with Gasteiger partial charge in [-0.05, 0) is 12.1 Å². The standard InChI is InChI=1S/C15H21N3O5/c19-12-3-1-2-11(8-12)17-15(22)14(21)16-9-13(20)10-18-4-6-23-7-5-18/h1-3,8,13,19-20H,4-7,9-10H2,(H,16,21)(H,17,22). The molecule has 0 aliphatic carbocycles. The van der Waals surface area contributed by atoms with Gasteiger partial charge in [-0.3, -0.25) is 14.5 Å². The minimum absolute atomic E-state index is 0.0101. The topological polar surface area (TPSA) is 111 Å². The second-order valence-corrected chi connectivity index (χ2v) is 5.28. The Morgan fingerprint density at radius 2 is 2.00 bits per heavy atom. The van der Waals surface area contributed by atoms with Crippen molar-refractivity contribution in [2.75, 3.05) is 44.7 Å². The Labute approximate surface area is 134 Å². The van der Waals surface area contributed by atoms with E-state index in [4.69, 9.17) is 4.74 Å². The van der Waals surface area contributed by atoms with E-state index in [-0.39, 0.29) is 12.3 Å². The summed E-state index contributed by atoms with van der Waals surface area (Å²) in [7, 11) is 0. The number of phenolic OH excluding ortho intramolecular Hbond substituents is 1. The molecule has 0 spiro atoms. The third kappa shape index (κ3) is 5.85. The quantitative estimate of drug-likeness (QED) is 0.525. The SMILES string of the molecule is O=C(NCC(O)CN1CCOCC1)C(=O)Nc1cccc(O)c1. The number of amides is 2. The van der Waals surface area contributed by atoms with Crippen molar-refractivity contribution in [1.29, 1.82) is 0 Å². The molecule has 0 saturated carbocycles. The van der Waals surface area contributed by atoms with Crippen molar-refractivity contribution in [1.82, 2.24) is 10.2 Å². The first-order valence-corrected chi connectivity index (χ1v) is 7.41. The Bertz CT molecular complexity index is 546. The van der Waals surface area contributed by atoms with Gasteiger partial charge in [-0.15, -0.1) is 0 Å². The van der Waals surface area contributed by atoms with Crippen molar-refractivity contribution in [2.45, 2.75) is 6.10 Å². The number of carbonyl (C=O) groups excluding carboxylic acids is 2. The van der Waals surface area contributed by atoms with Crippen LogP contribution < -0.4 is 10.6 Å². The molecule has 1 aliphatic heterocycles. The van der Waals surface area contributed by atoms with Gasteiger partial charge in [-0.1, -0.05) is 6.07 Å². The number of morpholine rings is 1. The molecule has 1 atom stereocenters. The number of β-amino-alcohol motifs (C(OH)–C–C–N with tert-alkyl or cyclic N) is 1. The number of ether oxygens (including phenoxy) is 1. The van der Waals surface area contributed by atoms with Crippen LogP contribution >= 0.6 is 0 Å². The molecule has 1 aromatic rings. The fraction of sp³-hybridized carbons (Fsp3) is 0.467. The molecule has 1 fully saturated rings. The van der Waals surface area contributed by atoms with E-state index < -0.39 is 17.9 Å². The van der Waals surface area contributed by atoms with Gasteiger partial charge < -0.3 is 25.6 Å². The summed E-state index contributed by atoms with van der Waals surface area (Å²) in [5.41, 5.74) is 0.319. The molecule has 4 N–H and O–H groups in total. The van der Waals surface area contributed by atoms with Crippen LogP contribution in [0.3, 0.4) is 0 Å². The summed E-state index contributed by atoms with van der Waals surface area (Å²) in [6, 6.07) is 5.89. The summed E-state index contributed by atoms with van der Waals surface area (Å²) < 4.78 is 5.21. The molecule has 1 saturated heterocycles. The number of nitrogens with zero attached hydrogens (tertiary/aromatic N) is 1. The molecule has 2 amide bonds. The number of anilines is 1. The molecule has 126 valence electrons. The Morgan fingerprint density at radius 1 is 1.26 bits per heavy atom. The highest BCUT2D eigenvalue weighted by molar-refractivity contribution is 6.39. The number of carbonyl (C=O) groups is 2. The highest BCUT2D eigenvalue weighted by Crippen LogP contribution is 2.14. The van der Waals surface area contributed by atoms with Crippen LogP contribution in [0.5, 0.6) is 5.75 Å². The van der Waals surface area contributed by atoms with Crippen molar-refractivity contribution in [3.8, 4) is 5.75 Å². The zero-order valence-corrected chi connectivity index (χ0v) is 12.7. The van der Waals surface area contributed by atoms with Gasteiger partial charge in [0.05, 0.1) is 19.3 Å². The minimum atomic E-state index is -0.853. The van der Waals surface area contributed by atoms with Crippen LogP contribution in [0.25, 0.3) is 0 Å². The summed E-state index contributed by atoms with van der Waals surface area (Å²) in [6.45, 7) is 3.14. The molecule has 1 aliphatic rings. The Kier molecular flexibility index (Phi) is 6.33. The summed E-state index contributed by atoms with van der Waals surface area (Å²) in [5, 5.41) is 23.9. The minimum Gasteiger partial charge on any atom is -0.508 e. The number of hydrogen-bond acceptors (Lipinski definition) is 6. The average Bonchev–Trinajstić information content (AvgIpc) is 2.53. The van der Waals surface area contributed by atoms with Crippen molar-refractivity contribution >= 4 is 17.5 Å². The molecular formula is C15H21N3O5. The number of hydrogen-bond donors (Lipinski definition) is 4. The molecule has 8 nitrogen and oxygen atoms in total. The largest absolute Gasteiger partial charge is 0.508 e. The van der Waals surface area contributed by atoms with Crippen molar-refractivity contribution in [2.24, 2.45) is 0 Å². The normalized spacial score (nSPS) is 16.6. The first kappa shape index (κ1) is 17.2. The van der Waals surface area contributed by atoms with E-state index in [0.717, 1.165) is 13.1 Å². The van der Waals surface area contributed by atoms with Crippen LogP contribution in [0.15, 0.2) is 24.3 Å². The lowest BCUT2D eigenvalue weighted by Crippen LogP contribution is -2.46. The molecule has 0 bridgehead atoms. The third-order valence-corrected chi connectivity index (χ3v) is 3.38. The zero-order chi connectivity index (χ0) is 16.7. The number of aromatic hydroxyl groups is 1. The van der Waals surface area contributed by atoms with E-state index in [1.165, 1.54) is 12.1 Å². The fourth-order valence-electron chi connectivity index (χ4n) is 2.21. The van der Waals surface area contributed by atoms with E-state index in [1.807, 2.05) is 4.90 Å². The van der Waals surface area contributed by atoms with Gasteiger partial charge in [0.15, 0.2) is 0 Å². The van der Waals surface area contributed by atoms with Crippen LogP contribution in [-0.2, 0) is 14.3 Å². The van der Waals surface area contributed by atoms with Crippen molar-refractivity contribution < 1.29 is 24.5 Å². The van der Waals surface area contributed by atoms with Gasteiger partial charge >= 0.3 is 11.8 Å². The molecule has 1 aromatic carbocycles. The van der Waals surface area contributed by atoms with Crippen molar-refractivity contribution in [3.05, 3.63) is 24.3 Å². The van der Waals surface area contributed by atoms with Gasteiger partial charge in [-0.2, -0.15) is 0 Å². The molecule has 8 heteroatoms. The Balaban J connectivity index is 1.71. The second kappa shape index (κ2) is 8.47. The molecule has 1 unspecified atom stereocenters. The Hall–Kier alpha value is -2.16. The number of aliphatic hydroxyl groups excluding tert-OH is 1. The molecular weight excluding hydrogens is 302 g/mol. The van der Waals surface area contributed by atoms with Crippen LogP contribution in [0.4, 0.5) is 5.69 Å². The van der Waals surface area contributed by atoms with E-state index >= 15 is 0 Å². The van der Waals surface area contributed by atoms with E-state index in [0.29, 0.717) is 25.4 Å². The number of phenols is 1. The number of nitrogens with one attached hydrogen (secondary N) is 2. The van der Waals surface area contributed by atoms with Crippen LogP contribution in [-0.4, -0.2) is 72.4 Å². The highest BCUT2D eigenvalue weighted by atomic mass is 16.5. The predicted molar refractivity (Wildman–Crippen MR) is 83.0 cm³/mol. The smallest absolute Gasteiger partial charge is 0.313 e. The Morgan fingerprint density at radius 3 is 2.70 bits per heavy atom. The first-order valence-electron chi connectivity index (χ1n) is 7.41. The molecule has 0 radical (unpaired) electrons. The van der Waals surface area contributed by atoms with Gasteiger partial charge in [0, 0.05) is 37.9 Å². The third-order valence-electron chi connectivity index (χ3n) is 3.38. The lowest BCUT2D eigenvalue weighted by Gasteiger charge is -2.28. The fourth-order valence-corrected chi connectivity index (χ4v) is 2.21. The number of aliphatic hydroxyl groups is 1. The number of benzene rings is 1. The van der Waals surface area contributed by atoms with Gasteiger partial charge in [0.25, 0.3) is 0 Å². The lowest BCUT2D eigenvalue weighted by molar-refractivity contribution is -0.136. The zero-order valence-electron chi connectivity index (χ0n) is 12.7. The molecule has 1 heterocycles. The number of rotatable bonds is 5. The summed E-state index contributed by atoms with van der Waals surface area (Å²) in [6.07, 6.45) is -0.759. The maximum absolute atomic E-state index is 11.7. The molecule has 2 rings (SSSR count). The van der Waals surface area contributed by atoms with E-state index in [2.05, 4.69) is 10.6 Å². The second-order valence-electron chi connectivity index (χ2n) is 5.28. The maximum atomic E-state index is 11.7. The molecule has 0 aromatic heterocycles. The van der Waals surface area contributed by atoms with E-state index in [1.54, 1.807) is 12.1 Å². The van der Waals surface area contributed by atoms with Crippen LogP contribution in [0, 0.1) is 0 Å². The predicted octanol–water partition coefficient (Wildman–Crippen LogP) is -0.860. The summed E-state index contributed by atoms with van der Waals surface area (Å²) in [4.78, 5) is 25.4. The maximum Gasteiger partial charge on any atom is 0.313 e. The van der Waals surface area contributed by atoms with Gasteiger partial charge in [0.1, 0.15) is 5.75 Å². The molecule has 23 heavy (non-hydrogen) atoms. The van der Waals surface area contributed by atoms with E-state index in [9.17, 15) is 19.8 Å². The first-order chi connectivity index (χ1) is 11.0. The van der Waals surface area contributed by atoms with Crippen LogP contribution in [0.2, 0.25) is 0 Å². The summed E-state index contributed by atoms with van der Waals surface area (Å²) in [5.74, 6) is -1.70. The van der Waals surface area contributed by atoms with Crippen LogP contribution in [0.1, 0.15) is 0 Å². The highest BCUT2D eigenvalue weighted by Gasteiger charge is 2.18.